The van der Waals surface area contributed by atoms with Gasteiger partial charge >= 0.3 is 5.97 Å². The first-order valence-electron chi connectivity index (χ1n) is 7.46. The average molecular weight is 316 g/mol. The van der Waals surface area contributed by atoms with Crippen LogP contribution < -0.4 is 5.32 Å². The third-order valence-corrected chi connectivity index (χ3v) is 3.43. The van der Waals surface area contributed by atoms with E-state index in [9.17, 15) is 9.59 Å². The second-order valence-corrected chi connectivity index (χ2v) is 5.27. The van der Waals surface area contributed by atoms with Gasteiger partial charge in [0.25, 0.3) is 0 Å². The molecule has 2 aromatic rings. The lowest BCUT2D eigenvalue weighted by Gasteiger charge is -2.15. The third-order valence-electron chi connectivity index (χ3n) is 3.43. The van der Waals surface area contributed by atoms with Gasteiger partial charge in [0.05, 0.1) is 5.69 Å². The monoisotopic (exact) mass is 316 g/mol. The third kappa shape index (κ3) is 3.97. The van der Waals surface area contributed by atoms with Crippen molar-refractivity contribution in [3.8, 4) is 0 Å². The summed E-state index contributed by atoms with van der Waals surface area (Å²) in [6.45, 7) is 6.80. The molecular weight excluding hydrogens is 296 g/mol. The van der Waals surface area contributed by atoms with E-state index in [2.05, 4.69) is 10.5 Å². The van der Waals surface area contributed by atoms with Crippen LogP contribution in [0.5, 0.6) is 0 Å². The smallest absolute Gasteiger partial charge is 0.344 e. The van der Waals surface area contributed by atoms with E-state index in [1.807, 2.05) is 13.0 Å². The Morgan fingerprint density at radius 1 is 1.39 bits per heavy atom. The lowest BCUT2D eigenvalue weighted by atomic mass is 10.1. The van der Waals surface area contributed by atoms with Crippen molar-refractivity contribution in [3.63, 3.8) is 0 Å². The standard InChI is InChI=1S/C17H20N2O4/c1-5-15-16(11(3)23-19-15)17(21)22-10(2)13-7-6-8-14(9-13)18-12(4)20/h6-10H,5H2,1-4H3,(H,18,20). The zero-order valence-electron chi connectivity index (χ0n) is 13.7. The van der Waals surface area contributed by atoms with Gasteiger partial charge in [0, 0.05) is 12.6 Å². The van der Waals surface area contributed by atoms with Gasteiger partial charge in [0.2, 0.25) is 5.91 Å². The highest BCUT2D eigenvalue weighted by atomic mass is 16.5. The van der Waals surface area contributed by atoms with Crippen LogP contribution in [0.4, 0.5) is 5.69 Å². The van der Waals surface area contributed by atoms with Crippen LogP contribution in [0.1, 0.15) is 54.3 Å². The normalized spacial score (nSPS) is 11.8. The maximum absolute atomic E-state index is 12.4. The summed E-state index contributed by atoms with van der Waals surface area (Å²) in [6, 6.07) is 7.19. The zero-order valence-corrected chi connectivity index (χ0v) is 13.7. The Hall–Kier alpha value is -2.63. The second-order valence-electron chi connectivity index (χ2n) is 5.27. The molecule has 1 atom stereocenters. The van der Waals surface area contributed by atoms with Gasteiger partial charge in [-0.15, -0.1) is 0 Å². The van der Waals surface area contributed by atoms with Gasteiger partial charge in [0.15, 0.2) is 0 Å². The number of nitrogens with zero attached hydrogens (tertiary/aromatic N) is 1. The van der Waals surface area contributed by atoms with E-state index < -0.39 is 12.1 Å². The number of esters is 1. The van der Waals surface area contributed by atoms with Gasteiger partial charge in [-0.25, -0.2) is 4.79 Å². The SMILES string of the molecule is CCc1noc(C)c1C(=O)OC(C)c1cccc(NC(C)=O)c1. The van der Waals surface area contributed by atoms with Crippen molar-refractivity contribution in [1.82, 2.24) is 5.16 Å². The summed E-state index contributed by atoms with van der Waals surface area (Å²) in [5.74, 6) is -0.163. The average Bonchev–Trinajstić information content (AvgIpc) is 2.87. The second kappa shape index (κ2) is 7.09. The predicted octanol–water partition coefficient (Wildman–Crippen LogP) is 3.42. The summed E-state index contributed by atoms with van der Waals surface area (Å²) in [6.07, 6.45) is 0.129. The summed E-state index contributed by atoms with van der Waals surface area (Å²) in [5.41, 5.74) is 2.43. The maximum Gasteiger partial charge on any atom is 0.344 e. The first kappa shape index (κ1) is 16.7. The molecule has 0 spiro atoms. The fourth-order valence-corrected chi connectivity index (χ4v) is 2.28. The molecule has 23 heavy (non-hydrogen) atoms. The van der Waals surface area contributed by atoms with Crippen molar-refractivity contribution >= 4 is 17.6 Å². The molecule has 0 saturated carbocycles. The number of ether oxygens (including phenoxy) is 1. The Morgan fingerprint density at radius 3 is 2.78 bits per heavy atom. The van der Waals surface area contributed by atoms with Gasteiger partial charge in [-0.05, 0) is 38.0 Å². The molecule has 6 nitrogen and oxygen atoms in total. The topological polar surface area (TPSA) is 81.4 Å². The first-order valence-corrected chi connectivity index (χ1v) is 7.46. The van der Waals surface area contributed by atoms with E-state index in [4.69, 9.17) is 9.26 Å². The molecule has 0 aliphatic heterocycles. The van der Waals surface area contributed by atoms with Crippen LogP contribution in [0, 0.1) is 6.92 Å². The molecule has 2 rings (SSSR count). The fraction of sp³-hybridized carbons (Fsp3) is 0.353. The molecule has 122 valence electrons. The van der Waals surface area contributed by atoms with Crippen molar-refractivity contribution in [1.29, 1.82) is 0 Å². The fourth-order valence-electron chi connectivity index (χ4n) is 2.28. The van der Waals surface area contributed by atoms with Crippen LogP contribution in [0.3, 0.4) is 0 Å². The molecular formula is C17H20N2O4. The summed E-state index contributed by atoms with van der Waals surface area (Å²) in [4.78, 5) is 23.5. The van der Waals surface area contributed by atoms with Crippen LogP contribution in [-0.4, -0.2) is 17.0 Å². The van der Waals surface area contributed by atoms with Crippen molar-refractivity contribution in [2.45, 2.75) is 40.2 Å². The number of hydrogen-bond acceptors (Lipinski definition) is 5. The molecule has 0 saturated heterocycles. The molecule has 1 unspecified atom stereocenters. The zero-order chi connectivity index (χ0) is 17.0. The number of amides is 1. The van der Waals surface area contributed by atoms with E-state index >= 15 is 0 Å². The van der Waals surface area contributed by atoms with Gasteiger partial charge in [-0.1, -0.05) is 24.2 Å². The number of aromatic nitrogens is 1. The summed E-state index contributed by atoms with van der Waals surface area (Å²) in [5, 5.41) is 6.56. The first-order chi connectivity index (χ1) is 10.9. The Labute approximate surface area is 134 Å². The molecule has 1 N–H and O–H groups in total. The quantitative estimate of drug-likeness (QED) is 0.855. The van der Waals surface area contributed by atoms with Crippen molar-refractivity contribution < 1.29 is 18.8 Å². The number of hydrogen-bond donors (Lipinski definition) is 1. The number of carbonyl (C=O) groups excluding carboxylic acids is 2. The number of aryl methyl sites for hydroxylation is 2. The van der Waals surface area contributed by atoms with Crippen LogP contribution in [-0.2, 0) is 16.0 Å². The Balaban J connectivity index is 2.15. The van der Waals surface area contributed by atoms with Crippen LogP contribution in [0.15, 0.2) is 28.8 Å². The molecule has 1 aromatic carbocycles. The molecule has 0 radical (unpaired) electrons. The van der Waals surface area contributed by atoms with Crippen LogP contribution in [0.2, 0.25) is 0 Å². The molecule has 6 heteroatoms. The number of anilines is 1. The molecule has 1 heterocycles. The number of rotatable bonds is 5. The highest BCUT2D eigenvalue weighted by Crippen LogP contribution is 2.24. The molecule has 0 fully saturated rings. The van der Waals surface area contributed by atoms with Crippen LogP contribution in [0.25, 0.3) is 0 Å². The van der Waals surface area contributed by atoms with Crippen molar-refractivity contribution in [2.24, 2.45) is 0 Å². The van der Waals surface area contributed by atoms with Gasteiger partial charge in [0.1, 0.15) is 17.4 Å². The minimum atomic E-state index is -0.463. The van der Waals surface area contributed by atoms with E-state index in [-0.39, 0.29) is 5.91 Å². The maximum atomic E-state index is 12.4. The summed E-state index contributed by atoms with van der Waals surface area (Å²) in [7, 11) is 0. The largest absolute Gasteiger partial charge is 0.454 e. The van der Waals surface area contributed by atoms with E-state index in [1.165, 1.54) is 6.92 Å². The Kier molecular flexibility index (Phi) is 5.16. The molecule has 0 aliphatic carbocycles. The van der Waals surface area contributed by atoms with E-state index in [0.717, 1.165) is 5.56 Å². The number of carbonyl (C=O) groups is 2. The summed E-state index contributed by atoms with van der Waals surface area (Å²) >= 11 is 0. The van der Waals surface area contributed by atoms with Gasteiger partial charge in [-0.3, -0.25) is 4.79 Å². The molecule has 1 amide bonds. The number of benzene rings is 1. The minimum absolute atomic E-state index is 0.153. The minimum Gasteiger partial charge on any atom is -0.454 e. The Morgan fingerprint density at radius 2 is 2.13 bits per heavy atom. The van der Waals surface area contributed by atoms with Crippen LogP contribution >= 0.6 is 0 Å². The van der Waals surface area contributed by atoms with E-state index in [1.54, 1.807) is 32.0 Å². The Bertz CT molecular complexity index is 721. The highest BCUT2D eigenvalue weighted by Gasteiger charge is 2.23. The summed E-state index contributed by atoms with van der Waals surface area (Å²) < 4.78 is 10.6. The lowest BCUT2D eigenvalue weighted by molar-refractivity contribution is -0.114. The highest BCUT2D eigenvalue weighted by molar-refractivity contribution is 5.92. The van der Waals surface area contributed by atoms with Crippen molar-refractivity contribution in [3.05, 3.63) is 46.8 Å². The van der Waals surface area contributed by atoms with Crippen molar-refractivity contribution in [2.75, 3.05) is 5.32 Å². The molecule has 0 aliphatic rings. The van der Waals surface area contributed by atoms with E-state index in [0.29, 0.717) is 29.1 Å². The molecule has 0 bridgehead atoms. The van der Waals surface area contributed by atoms with Gasteiger partial charge in [-0.2, -0.15) is 0 Å². The number of nitrogens with one attached hydrogen (secondary N) is 1. The predicted molar refractivity (Wildman–Crippen MR) is 85.2 cm³/mol. The molecule has 1 aromatic heterocycles. The lowest BCUT2D eigenvalue weighted by Crippen LogP contribution is -2.12. The van der Waals surface area contributed by atoms with Gasteiger partial charge < -0.3 is 14.6 Å².